The first-order chi connectivity index (χ1) is 20.1. The minimum atomic E-state index is -1.14. The van der Waals surface area contributed by atoms with Crippen LogP contribution in [0, 0.1) is 0 Å². The first kappa shape index (κ1) is 28.6. The molecule has 1 heterocycles. The Morgan fingerprint density at radius 3 is 2.37 bits per heavy atom. The normalized spacial score (nSPS) is 20.9. The molecule has 0 amide bonds. The fourth-order valence-corrected chi connectivity index (χ4v) is 5.31. The molecule has 0 saturated heterocycles. The molecule has 214 valence electrons. The Balaban J connectivity index is 1.37. The molecule has 3 aromatic rings. The zero-order valence-electron chi connectivity index (χ0n) is 24.0. The predicted octanol–water partition coefficient (Wildman–Crippen LogP) is 6.92. The van der Waals surface area contributed by atoms with E-state index in [0.29, 0.717) is 31.1 Å². The summed E-state index contributed by atoms with van der Waals surface area (Å²) in [6, 6.07) is 26.0. The first-order valence-electron chi connectivity index (χ1n) is 14.7. The fourth-order valence-electron chi connectivity index (χ4n) is 5.31. The Morgan fingerprint density at radius 2 is 1.68 bits per heavy atom. The van der Waals surface area contributed by atoms with Crippen molar-refractivity contribution in [3.63, 3.8) is 0 Å². The first-order valence-corrected chi connectivity index (χ1v) is 14.7. The van der Waals surface area contributed by atoms with Gasteiger partial charge in [0.25, 0.3) is 0 Å². The van der Waals surface area contributed by atoms with Crippen molar-refractivity contribution in [2.24, 2.45) is 4.99 Å². The molecule has 0 fully saturated rings. The number of fused-ring (bicyclic) bond motifs is 1. The van der Waals surface area contributed by atoms with Gasteiger partial charge in [0, 0.05) is 23.7 Å². The van der Waals surface area contributed by atoms with Crippen LogP contribution in [0.5, 0.6) is 11.5 Å². The lowest BCUT2D eigenvalue weighted by atomic mass is 9.90. The highest BCUT2D eigenvalue weighted by Crippen LogP contribution is 2.42. The van der Waals surface area contributed by atoms with Crippen LogP contribution >= 0.6 is 0 Å². The van der Waals surface area contributed by atoms with Gasteiger partial charge in [-0.25, -0.2) is 4.79 Å². The number of carbonyl (C=O) groups is 1. The lowest BCUT2D eigenvalue weighted by molar-refractivity contribution is -0.147. The number of carbonyl (C=O) groups excluding carboxylic acids is 1. The van der Waals surface area contributed by atoms with Crippen molar-refractivity contribution in [3.8, 4) is 11.5 Å². The van der Waals surface area contributed by atoms with Crippen LogP contribution in [0.1, 0.15) is 62.1 Å². The number of hydrogen-bond acceptors (Lipinski definition) is 6. The third-order valence-electron chi connectivity index (χ3n) is 7.48. The van der Waals surface area contributed by atoms with Gasteiger partial charge in [-0.1, -0.05) is 92.6 Å². The van der Waals surface area contributed by atoms with Crippen LogP contribution in [0.15, 0.2) is 96.0 Å². The van der Waals surface area contributed by atoms with Crippen LogP contribution in [0.25, 0.3) is 0 Å². The highest BCUT2D eigenvalue weighted by Gasteiger charge is 2.44. The smallest absolute Gasteiger partial charge is 0.338 e. The Hall–Kier alpha value is -3.90. The molecule has 1 aliphatic heterocycles. The summed E-state index contributed by atoms with van der Waals surface area (Å²) >= 11 is 0. The van der Waals surface area contributed by atoms with E-state index < -0.39 is 5.54 Å². The van der Waals surface area contributed by atoms with Gasteiger partial charge in [0.05, 0.1) is 18.9 Å². The van der Waals surface area contributed by atoms with Gasteiger partial charge in [-0.2, -0.15) is 0 Å². The molecule has 3 aromatic carbocycles. The van der Waals surface area contributed by atoms with Gasteiger partial charge >= 0.3 is 5.97 Å². The molecule has 0 saturated carbocycles. The number of esters is 1. The second kappa shape index (κ2) is 13.6. The molecule has 0 N–H and O–H groups in total. The van der Waals surface area contributed by atoms with E-state index in [1.54, 1.807) is 0 Å². The van der Waals surface area contributed by atoms with Gasteiger partial charge in [0.15, 0.2) is 23.1 Å². The van der Waals surface area contributed by atoms with E-state index in [4.69, 9.17) is 23.9 Å². The van der Waals surface area contributed by atoms with Crippen molar-refractivity contribution >= 4 is 11.7 Å². The third-order valence-corrected chi connectivity index (χ3v) is 7.48. The summed E-state index contributed by atoms with van der Waals surface area (Å²) in [4.78, 5) is 18.7. The molecule has 3 atom stereocenters. The Labute approximate surface area is 243 Å². The molecule has 6 nitrogen and oxygen atoms in total. The van der Waals surface area contributed by atoms with Gasteiger partial charge < -0.3 is 18.9 Å². The molecule has 1 aliphatic carbocycles. The van der Waals surface area contributed by atoms with Crippen molar-refractivity contribution in [3.05, 3.63) is 108 Å². The zero-order valence-corrected chi connectivity index (χ0v) is 24.0. The van der Waals surface area contributed by atoms with Gasteiger partial charge in [-0.3, -0.25) is 4.99 Å². The van der Waals surface area contributed by atoms with Gasteiger partial charge in [-0.15, -0.1) is 0 Å². The van der Waals surface area contributed by atoms with Gasteiger partial charge in [-0.05, 0) is 43.5 Å². The number of unbranched alkanes of at least 4 members (excludes halogenated alkanes) is 2. The van der Waals surface area contributed by atoms with Crippen molar-refractivity contribution < 1.29 is 23.7 Å². The summed E-state index contributed by atoms with van der Waals surface area (Å²) in [5.74, 6) is 1.05. The summed E-state index contributed by atoms with van der Waals surface area (Å²) in [7, 11) is 0. The maximum Gasteiger partial charge on any atom is 0.338 e. The second-order valence-corrected chi connectivity index (χ2v) is 10.5. The van der Waals surface area contributed by atoms with Gasteiger partial charge in [0.1, 0.15) is 6.61 Å². The van der Waals surface area contributed by atoms with E-state index in [1.807, 2.05) is 91.9 Å². The number of ether oxygens (including phenoxy) is 4. The number of rotatable bonds is 12. The average molecular weight is 554 g/mol. The van der Waals surface area contributed by atoms with E-state index >= 15 is 0 Å². The van der Waals surface area contributed by atoms with Crippen LogP contribution in [0.3, 0.4) is 0 Å². The molecule has 0 bridgehead atoms. The molecule has 6 heteroatoms. The van der Waals surface area contributed by atoms with E-state index in [2.05, 4.69) is 13.0 Å². The SMILES string of the molecule is CCCCCOC[C@@H]1COc2cc(C3C=CC(N=C(c4ccccc4)c4ccccc4)(C(=O)OCC)C3)ccc2O1. The molecule has 2 aliphatic rings. The highest BCUT2D eigenvalue weighted by molar-refractivity contribution is 6.14. The molecule has 5 rings (SSSR count). The Kier molecular flexibility index (Phi) is 9.52. The van der Waals surface area contributed by atoms with Crippen LogP contribution in [-0.4, -0.2) is 49.8 Å². The van der Waals surface area contributed by atoms with E-state index in [0.717, 1.165) is 35.4 Å². The summed E-state index contributed by atoms with van der Waals surface area (Å²) < 4.78 is 23.6. The number of nitrogens with zero attached hydrogens (tertiary/aromatic N) is 1. The zero-order chi connectivity index (χ0) is 28.5. The molecular formula is C35H39NO5. The Morgan fingerprint density at radius 1 is 0.951 bits per heavy atom. The molecular weight excluding hydrogens is 514 g/mol. The van der Waals surface area contributed by atoms with Crippen LogP contribution in [0.4, 0.5) is 0 Å². The van der Waals surface area contributed by atoms with E-state index in [1.165, 1.54) is 12.8 Å². The number of aliphatic imine (C=N–C) groups is 1. The third kappa shape index (κ3) is 6.88. The van der Waals surface area contributed by atoms with Crippen LogP contribution < -0.4 is 9.47 Å². The monoisotopic (exact) mass is 553 g/mol. The molecule has 0 radical (unpaired) electrons. The van der Waals surface area contributed by atoms with Crippen molar-refractivity contribution in [1.29, 1.82) is 0 Å². The number of allylic oxidation sites excluding steroid dienone is 1. The summed E-state index contributed by atoms with van der Waals surface area (Å²) in [5, 5.41) is 0. The number of benzene rings is 3. The molecule has 0 spiro atoms. The van der Waals surface area contributed by atoms with Gasteiger partial charge in [0.2, 0.25) is 0 Å². The lowest BCUT2D eigenvalue weighted by Gasteiger charge is -2.28. The summed E-state index contributed by atoms with van der Waals surface area (Å²) in [6.07, 6.45) is 7.72. The van der Waals surface area contributed by atoms with Crippen molar-refractivity contribution in [2.75, 3.05) is 26.4 Å². The molecule has 0 aromatic heterocycles. The molecule has 41 heavy (non-hydrogen) atoms. The second-order valence-electron chi connectivity index (χ2n) is 10.5. The van der Waals surface area contributed by atoms with E-state index in [-0.39, 0.29) is 24.6 Å². The maximum absolute atomic E-state index is 13.5. The lowest BCUT2D eigenvalue weighted by Crippen LogP contribution is -2.37. The standard InChI is InChI=1S/C35H39NO5/c1-3-5-12-21-38-24-30-25-40-32-22-28(17-18-31(32)41-30)29-19-20-35(23-29,34(37)39-4-2)36-33(26-13-8-6-9-14-26)27-15-10-7-11-16-27/h6-11,13-20,22,29-30H,3-5,12,21,23-25H2,1-2H3/t29?,30-,35?/m1/s1. The minimum absolute atomic E-state index is 0.0375. The van der Waals surface area contributed by atoms with E-state index in [9.17, 15) is 4.79 Å². The average Bonchev–Trinajstić information content (AvgIpc) is 3.46. The summed E-state index contributed by atoms with van der Waals surface area (Å²) in [6.45, 7) is 6.00. The fraction of sp³-hybridized carbons (Fsp3) is 0.371. The highest BCUT2D eigenvalue weighted by atomic mass is 16.6. The largest absolute Gasteiger partial charge is 0.486 e. The quantitative estimate of drug-likeness (QED) is 0.105. The van der Waals surface area contributed by atoms with Crippen LogP contribution in [0.2, 0.25) is 0 Å². The maximum atomic E-state index is 13.5. The minimum Gasteiger partial charge on any atom is -0.486 e. The summed E-state index contributed by atoms with van der Waals surface area (Å²) in [5.41, 5.74) is 2.55. The topological polar surface area (TPSA) is 66.4 Å². The molecule has 2 unspecified atom stereocenters. The Bertz CT molecular complexity index is 1310. The van der Waals surface area contributed by atoms with Crippen molar-refractivity contribution in [2.45, 2.75) is 57.1 Å². The predicted molar refractivity (Wildman–Crippen MR) is 161 cm³/mol. The van der Waals surface area contributed by atoms with Crippen LogP contribution in [-0.2, 0) is 14.3 Å². The van der Waals surface area contributed by atoms with Crippen molar-refractivity contribution in [1.82, 2.24) is 0 Å². The number of hydrogen-bond donors (Lipinski definition) is 0.